The summed E-state index contributed by atoms with van der Waals surface area (Å²) in [6.45, 7) is 2.15. The fourth-order valence-corrected chi connectivity index (χ4v) is 3.59. The minimum Gasteiger partial charge on any atom is -0.381 e. The Morgan fingerprint density at radius 2 is 2.04 bits per heavy atom. The van der Waals surface area contributed by atoms with Crippen LogP contribution in [0, 0.1) is 5.92 Å². The Hall–Kier alpha value is -1.89. The normalized spacial score (nSPS) is 24.6. The third-order valence-electron chi connectivity index (χ3n) is 5.35. The molecule has 0 aliphatic heterocycles. The van der Waals surface area contributed by atoms with Crippen LogP contribution in [-0.2, 0) is 4.74 Å². The zero-order valence-electron chi connectivity index (χ0n) is 15.1. The lowest BCUT2D eigenvalue weighted by molar-refractivity contribution is 0.0681. The summed E-state index contributed by atoms with van der Waals surface area (Å²) in [4.78, 5) is 20.6. The number of nitrogens with one attached hydrogen (secondary N) is 2. The van der Waals surface area contributed by atoms with Crippen molar-refractivity contribution in [2.45, 2.75) is 70.1 Å². The zero-order chi connectivity index (χ0) is 17.8. The second-order valence-corrected chi connectivity index (χ2v) is 7.17. The van der Waals surface area contributed by atoms with Crippen molar-refractivity contribution in [2.75, 3.05) is 17.7 Å². The van der Waals surface area contributed by atoms with Gasteiger partial charge in [0, 0.05) is 25.4 Å². The SMILES string of the molecule is CCC(Nc1nc(NC2CCC(OC)CC2)ncc1C(N)=O)C1CC1. The average molecular weight is 347 g/mol. The third-order valence-corrected chi connectivity index (χ3v) is 5.35. The Morgan fingerprint density at radius 3 is 2.60 bits per heavy atom. The van der Waals surface area contributed by atoms with Gasteiger partial charge in [-0.05, 0) is 50.9 Å². The van der Waals surface area contributed by atoms with Crippen molar-refractivity contribution in [3.63, 3.8) is 0 Å². The Bertz CT molecular complexity index is 597. The van der Waals surface area contributed by atoms with Gasteiger partial charge in [0.2, 0.25) is 5.95 Å². The summed E-state index contributed by atoms with van der Waals surface area (Å²) in [6.07, 6.45) is 9.49. The van der Waals surface area contributed by atoms with Crippen LogP contribution < -0.4 is 16.4 Å². The maximum Gasteiger partial charge on any atom is 0.254 e. The molecule has 2 aliphatic carbocycles. The number of methoxy groups -OCH3 is 1. The Kier molecular flexibility index (Phi) is 5.73. The first kappa shape index (κ1) is 17.9. The number of anilines is 2. The minimum absolute atomic E-state index is 0.331. The molecule has 1 amide bonds. The van der Waals surface area contributed by atoms with Crippen LogP contribution in [-0.4, -0.2) is 41.2 Å². The molecule has 3 rings (SSSR count). The van der Waals surface area contributed by atoms with Gasteiger partial charge in [0.05, 0.1) is 11.7 Å². The molecular weight excluding hydrogens is 318 g/mol. The van der Waals surface area contributed by atoms with Gasteiger partial charge >= 0.3 is 0 Å². The molecule has 2 aliphatic rings. The molecule has 2 saturated carbocycles. The van der Waals surface area contributed by atoms with Crippen molar-refractivity contribution in [1.29, 1.82) is 0 Å². The van der Waals surface area contributed by atoms with Gasteiger partial charge in [0.1, 0.15) is 5.82 Å². The summed E-state index contributed by atoms with van der Waals surface area (Å²) in [5.74, 6) is 1.27. The number of rotatable bonds is 8. The molecule has 1 heterocycles. The Balaban J connectivity index is 1.70. The number of ether oxygens (including phenoxy) is 1. The van der Waals surface area contributed by atoms with Gasteiger partial charge in [-0.15, -0.1) is 0 Å². The highest BCUT2D eigenvalue weighted by atomic mass is 16.5. The van der Waals surface area contributed by atoms with E-state index < -0.39 is 5.91 Å². The van der Waals surface area contributed by atoms with E-state index in [4.69, 9.17) is 10.5 Å². The smallest absolute Gasteiger partial charge is 0.254 e. The first-order valence-electron chi connectivity index (χ1n) is 9.33. The standard InChI is InChI=1S/C18H29N5O2/c1-3-15(11-4-5-11)22-17-14(16(19)24)10-20-18(23-17)21-12-6-8-13(25-2)9-7-12/h10-13,15H,3-9H2,1-2H3,(H2,19,24)(H2,20,21,22,23). The number of nitrogens with two attached hydrogens (primary N) is 1. The summed E-state index contributed by atoms with van der Waals surface area (Å²) >= 11 is 0. The summed E-state index contributed by atoms with van der Waals surface area (Å²) in [5, 5.41) is 6.82. The maximum atomic E-state index is 11.7. The average Bonchev–Trinajstić information content (AvgIpc) is 3.45. The second-order valence-electron chi connectivity index (χ2n) is 7.17. The van der Waals surface area contributed by atoms with Gasteiger partial charge < -0.3 is 21.1 Å². The van der Waals surface area contributed by atoms with Crippen LogP contribution in [0.5, 0.6) is 0 Å². The lowest BCUT2D eigenvalue weighted by atomic mass is 9.93. The quantitative estimate of drug-likeness (QED) is 0.668. The van der Waals surface area contributed by atoms with E-state index in [2.05, 4.69) is 27.5 Å². The summed E-state index contributed by atoms with van der Waals surface area (Å²) in [6, 6.07) is 0.669. The summed E-state index contributed by atoms with van der Waals surface area (Å²) in [5.41, 5.74) is 5.85. The van der Waals surface area contributed by atoms with Crippen molar-refractivity contribution in [3.8, 4) is 0 Å². The van der Waals surface area contributed by atoms with E-state index in [1.54, 1.807) is 7.11 Å². The zero-order valence-corrected chi connectivity index (χ0v) is 15.1. The monoisotopic (exact) mass is 347 g/mol. The highest BCUT2D eigenvalue weighted by molar-refractivity contribution is 5.97. The van der Waals surface area contributed by atoms with Crippen LogP contribution in [0.4, 0.5) is 11.8 Å². The first-order chi connectivity index (χ1) is 12.1. The van der Waals surface area contributed by atoms with E-state index in [1.165, 1.54) is 19.0 Å². The largest absolute Gasteiger partial charge is 0.381 e. The van der Waals surface area contributed by atoms with Gasteiger partial charge in [-0.3, -0.25) is 4.79 Å². The molecule has 0 bridgehead atoms. The number of carbonyl (C=O) groups excluding carboxylic acids is 1. The van der Waals surface area contributed by atoms with Gasteiger partial charge in [0.15, 0.2) is 0 Å². The number of carbonyl (C=O) groups is 1. The van der Waals surface area contributed by atoms with Crippen LogP contribution in [0.15, 0.2) is 6.20 Å². The fourth-order valence-electron chi connectivity index (χ4n) is 3.59. The minimum atomic E-state index is -0.500. The van der Waals surface area contributed by atoms with Gasteiger partial charge in [-0.1, -0.05) is 6.92 Å². The van der Waals surface area contributed by atoms with Crippen molar-refractivity contribution < 1.29 is 9.53 Å². The van der Waals surface area contributed by atoms with Gasteiger partial charge in [-0.2, -0.15) is 4.98 Å². The molecule has 0 radical (unpaired) electrons. The Labute approximate surface area is 149 Å². The molecule has 1 aromatic rings. The van der Waals surface area contributed by atoms with Crippen LogP contribution >= 0.6 is 0 Å². The number of hydrogen-bond acceptors (Lipinski definition) is 6. The van der Waals surface area contributed by atoms with Crippen molar-refractivity contribution in [3.05, 3.63) is 11.8 Å². The van der Waals surface area contributed by atoms with Crippen LogP contribution in [0.25, 0.3) is 0 Å². The number of nitrogens with zero attached hydrogens (tertiary/aromatic N) is 2. The molecule has 7 heteroatoms. The number of hydrogen-bond donors (Lipinski definition) is 3. The van der Waals surface area contributed by atoms with E-state index in [0.29, 0.717) is 41.4 Å². The lowest BCUT2D eigenvalue weighted by Gasteiger charge is -2.28. The van der Waals surface area contributed by atoms with E-state index >= 15 is 0 Å². The first-order valence-corrected chi connectivity index (χ1v) is 9.33. The molecule has 0 aromatic carbocycles. The fraction of sp³-hybridized carbons (Fsp3) is 0.722. The molecule has 2 fully saturated rings. The molecule has 4 N–H and O–H groups in total. The lowest BCUT2D eigenvalue weighted by Crippen LogP contribution is -2.30. The summed E-state index contributed by atoms with van der Waals surface area (Å²) in [7, 11) is 1.77. The van der Waals surface area contributed by atoms with Gasteiger partial charge in [0.25, 0.3) is 5.91 Å². The molecule has 138 valence electrons. The highest BCUT2D eigenvalue weighted by Gasteiger charge is 2.31. The van der Waals surface area contributed by atoms with E-state index in [9.17, 15) is 4.79 Å². The Morgan fingerprint density at radius 1 is 1.32 bits per heavy atom. The maximum absolute atomic E-state index is 11.7. The predicted molar refractivity (Wildman–Crippen MR) is 97.7 cm³/mol. The molecule has 25 heavy (non-hydrogen) atoms. The molecule has 1 atom stereocenters. The van der Waals surface area contributed by atoms with Gasteiger partial charge in [-0.25, -0.2) is 4.98 Å². The van der Waals surface area contributed by atoms with E-state index in [1.807, 2.05) is 0 Å². The van der Waals surface area contributed by atoms with Crippen LogP contribution in [0.3, 0.4) is 0 Å². The molecule has 1 aromatic heterocycles. The number of amides is 1. The van der Waals surface area contributed by atoms with E-state index in [0.717, 1.165) is 32.1 Å². The summed E-state index contributed by atoms with van der Waals surface area (Å²) < 4.78 is 5.41. The van der Waals surface area contributed by atoms with Crippen molar-refractivity contribution >= 4 is 17.7 Å². The molecule has 0 spiro atoms. The second kappa shape index (κ2) is 7.99. The van der Waals surface area contributed by atoms with Crippen LogP contribution in [0.2, 0.25) is 0 Å². The van der Waals surface area contributed by atoms with Crippen molar-refractivity contribution in [1.82, 2.24) is 9.97 Å². The molecular formula is C18H29N5O2. The van der Waals surface area contributed by atoms with E-state index in [-0.39, 0.29) is 0 Å². The van der Waals surface area contributed by atoms with Crippen LogP contribution in [0.1, 0.15) is 62.2 Å². The number of aromatic nitrogens is 2. The van der Waals surface area contributed by atoms with Crippen molar-refractivity contribution in [2.24, 2.45) is 11.7 Å². The number of primary amides is 1. The molecule has 0 saturated heterocycles. The predicted octanol–water partition coefficient (Wildman–Crippen LogP) is 2.55. The topological polar surface area (TPSA) is 102 Å². The molecule has 1 unspecified atom stereocenters. The third kappa shape index (κ3) is 4.60. The highest BCUT2D eigenvalue weighted by Crippen LogP contribution is 2.36. The molecule has 7 nitrogen and oxygen atoms in total.